The maximum Gasteiger partial charge on any atom is 0.106 e. The first kappa shape index (κ1) is 11.0. The van der Waals surface area contributed by atoms with Gasteiger partial charge in [-0.1, -0.05) is 23.9 Å². The van der Waals surface area contributed by atoms with Crippen molar-refractivity contribution in [2.45, 2.75) is 38.5 Å². The molecule has 0 unspecified atom stereocenters. The summed E-state index contributed by atoms with van der Waals surface area (Å²) in [5.74, 6) is 2.38. The molecule has 67 valence electrons. The van der Waals surface area contributed by atoms with Crippen molar-refractivity contribution >= 4 is 6.21 Å². The van der Waals surface area contributed by atoms with E-state index in [-0.39, 0.29) is 0 Å². The lowest BCUT2D eigenvalue weighted by atomic mass is 10.1. The molecule has 0 bridgehead atoms. The van der Waals surface area contributed by atoms with Gasteiger partial charge in [-0.2, -0.15) is 0 Å². The maximum absolute atomic E-state index is 6.69. The van der Waals surface area contributed by atoms with Gasteiger partial charge in [-0.25, -0.2) is 0 Å². The molecular formula is C10H16NO. The molecule has 0 saturated carbocycles. The summed E-state index contributed by atoms with van der Waals surface area (Å²) in [6.45, 7) is 0. The van der Waals surface area contributed by atoms with Crippen LogP contribution in [-0.2, 0) is 4.84 Å². The Labute approximate surface area is 75.0 Å². The average Bonchev–Trinajstić information content (AvgIpc) is 2.10. The SMILES string of the molecule is [C]#CCCCCCC/C=N/OC. The molecule has 0 saturated heterocycles. The molecule has 12 heavy (non-hydrogen) atoms. The van der Waals surface area contributed by atoms with E-state index in [9.17, 15) is 0 Å². The molecular weight excluding hydrogens is 150 g/mol. The summed E-state index contributed by atoms with van der Waals surface area (Å²) in [4.78, 5) is 4.52. The topological polar surface area (TPSA) is 21.6 Å². The van der Waals surface area contributed by atoms with E-state index >= 15 is 0 Å². The minimum absolute atomic E-state index is 0.798. The largest absolute Gasteiger partial charge is 0.399 e. The molecule has 0 aliphatic rings. The molecule has 0 aliphatic carbocycles. The normalized spacial score (nSPS) is 10.0. The van der Waals surface area contributed by atoms with E-state index in [1.165, 1.54) is 12.8 Å². The van der Waals surface area contributed by atoms with Gasteiger partial charge in [0.25, 0.3) is 0 Å². The standard InChI is InChI=1S/C10H16NO/c1-3-4-5-6-7-8-9-10-11-12-2/h10H,4-9H2,2H3/b11-10+. The molecule has 0 aromatic rings. The molecule has 2 heteroatoms. The second-order valence-electron chi connectivity index (χ2n) is 2.60. The van der Waals surface area contributed by atoms with Crippen molar-refractivity contribution in [3.05, 3.63) is 6.42 Å². The molecule has 0 aromatic heterocycles. The van der Waals surface area contributed by atoms with Crippen LogP contribution in [0.4, 0.5) is 0 Å². The van der Waals surface area contributed by atoms with Crippen molar-refractivity contribution in [3.8, 4) is 5.92 Å². The molecule has 2 nitrogen and oxygen atoms in total. The van der Waals surface area contributed by atoms with Crippen LogP contribution in [0.15, 0.2) is 5.16 Å². The molecule has 0 heterocycles. The maximum atomic E-state index is 6.69. The van der Waals surface area contributed by atoms with Crippen LogP contribution < -0.4 is 0 Å². The fourth-order valence-corrected chi connectivity index (χ4v) is 0.930. The zero-order valence-electron chi connectivity index (χ0n) is 7.68. The highest BCUT2D eigenvalue weighted by Gasteiger charge is 1.87. The Hall–Kier alpha value is -0.970. The molecule has 0 atom stereocenters. The Morgan fingerprint density at radius 3 is 2.75 bits per heavy atom. The number of nitrogens with zero attached hydrogens (tertiary/aromatic N) is 1. The molecule has 0 aromatic carbocycles. The number of unbranched alkanes of at least 4 members (excludes halogenated alkanes) is 5. The van der Waals surface area contributed by atoms with Crippen LogP contribution >= 0.6 is 0 Å². The zero-order valence-corrected chi connectivity index (χ0v) is 7.68. The van der Waals surface area contributed by atoms with Crippen molar-refractivity contribution in [1.82, 2.24) is 0 Å². The monoisotopic (exact) mass is 166 g/mol. The van der Waals surface area contributed by atoms with Crippen LogP contribution in [0.25, 0.3) is 0 Å². The lowest BCUT2D eigenvalue weighted by Crippen LogP contribution is -1.80. The first-order valence-electron chi connectivity index (χ1n) is 4.36. The van der Waals surface area contributed by atoms with Crippen molar-refractivity contribution in [2.24, 2.45) is 5.16 Å². The molecule has 0 N–H and O–H groups in total. The van der Waals surface area contributed by atoms with Gasteiger partial charge in [0, 0.05) is 12.6 Å². The molecule has 0 fully saturated rings. The van der Waals surface area contributed by atoms with Crippen LogP contribution in [0.3, 0.4) is 0 Å². The predicted octanol–water partition coefficient (Wildman–Crippen LogP) is 2.55. The highest BCUT2D eigenvalue weighted by Crippen LogP contribution is 2.03. The summed E-state index contributed by atoms with van der Waals surface area (Å²) < 4.78 is 0. The minimum Gasteiger partial charge on any atom is -0.399 e. The second-order valence-corrected chi connectivity index (χ2v) is 2.60. The van der Waals surface area contributed by atoms with Crippen molar-refractivity contribution < 1.29 is 4.84 Å². The minimum atomic E-state index is 0.798. The Kier molecular flexibility index (Phi) is 9.22. The third kappa shape index (κ3) is 9.03. The van der Waals surface area contributed by atoms with Crippen LogP contribution in [0.1, 0.15) is 38.5 Å². The van der Waals surface area contributed by atoms with Crippen LogP contribution in [-0.4, -0.2) is 13.3 Å². The molecule has 1 radical (unpaired) electrons. The summed E-state index contributed by atoms with van der Waals surface area (Å²) in [6, 6.07) is 0. The van der Waals surface area contributed by atoms with E-state index < -0.39 is 0 Å². The van der Waals surface area contributed by atoms with Gasteiger partial charge in [0.2, 0.25) is 0 Å². The van der Waals surface area contributed by atoms with E-state index in [0.717, 1.165) is 25.7 Å². The Bertz CT molecular complexity index is 146. The van der Waals surface area contributed by atoms with Crippen molar-refractivity contribution in [2.75, 3.05) is 7.11 Å². The van der Waals surface area contributed by atoms with Crippen molar-refractivity contribution in [1.29, 1.82) is 0 Å². The van der Waals surface area contributed by atoms with Crippen LogP contribution in [0.5, 0.6) is 0 Å². The Morgan fingerprint density at radius 1 is 1.33 bits per heavy atom. The summed E-state index contributed by atoms with van der Waals surface area (Å²) in [6.07, 6.45) is 14.9. The first-order valence-corrected chi connectivity index (χ1v) is 4.36. The highest BCUT2D eigenvalue weighted by molar-refractivity contribution is 5.55. The third-order valence-electron chi connectivity index (χ3n) is 1.56. The predicted molar refractivity (Wildman–Crippen MR) is 50.3 cm³/mol. The number of rotatable bonds is 7. The number of hydrogen-bond acceptors (Lipinski definition) is 2. The average molecular weight is 166 g/mol. The fourth-order valence-electron chi connectivity index (χ4n) is 0.930. The van der Waals surface area contributed by atoms with E-state index in [1.807, 2.05) is 0 Å². The van der Waals surface area contributed by atoms with Gasteiger partial charge in [-0.3, -0.25) is 0 Å². The summed E-state index contributed by atoms with van der Waals surface area (Å²) in [5.41, 5.74) is 0. The van der Waals surface area contributed by atoms with E-state index in [1.54, 1.807) is 13.3 Å². The quantitative estimate of drug-likeness (QED) is 0.246. The number of hydrogen-bond donors (Lipinski definition) is 0. The van der Waals surface area contributed by atoms with Crippen molar-refractivity contribution in [3.63, 3.8) is 0 Å². The summed E-state index contributed by atoms with van der Waals surface area (Å²) >= 11 is 0. The summed E-state index contributed by atoms with van der Waals surface area (Å²) in [5, 5.41) is 3.64. The Morgan fingerprint density at radius 2 is 2.08 bits per heavy atom. The zero-order chi connectivity index (χ0) is 9.07. The van der Waals surface area contributed by atoms with E-state index in [0.29, 0.717) is 0 Å². The van der Waals surface area contributed by atoms with Crippen LogP contribution in [0, 0.1) is 12.3 Å². The van der Waals surface area contributed by atoms with Gasteiger partial charge >= 0.3 is 0 Å². The third-order valence-corrected chi connectivity index (χ3v) is 1.56. The number of oxime groups is 1. The molecule has 0 spiro atoms. The van der Waals surface area contributed by atoms with Crippen LogP contribution in [0.2, 0.25) is 0 Å². The second kappa shape index (κ2) is 10.0. The van der Waals surface area contributed by atoms with Gasteiger partial charge < -0.3 is 4.84 Å². The first-order chi connectivity index (χ1) is 5.91. The smallest absolute Gasteiger partial charge is 0.106 e. The van der Waals surface area contributed by atoms with Gasteiger partial charge in [-0.15, -0.1) is 0 Å². The van der Waals surface area contributed by atoms with E-state index in [4.69, 9.17) is 6.42 Å². The van der Waals surface area contributed by atoms with Gasteiger partial charge in [-0.05, 0) is 25.7 Å². The summed E-state index contributed by atoms with van der Waals surface area (Å²) in [7, 11) is 1.55. The molecule has 0 aliphatic heterocycles. The highest BCUT2D eigenvalue weighted by atomic mass is 16.6. The van der Waals surface area contributed by atoms with Gasteiger partial charge in [0.15, 0.2) is 0 Å². The molecule has 0 amide bonds. The molecule has 0 rings (SSSR count). The van der Waals surface area contributed by atoms with Gasteiger partial charge in [0.1, 0.15) is 7.11 Å². The lowest BCUT2D eigenvalue weighted by Gasteiger charge is -1.94. The Balaban J connectivity index is 2.92. The van der Waals surface area contributed by atoms with Gasteiger partial charge in [0.05, 0.1) is 0 Å². The van der Waals surface area contributed by atoms with E-state index in [2.05, 4.69) is 15.9 Å². The fraction of sp³-hybridized carbons (Fsp3) is 0.700. The lowest BCUT2D eigenvalue weighted by molar-refractivity contribution is 0.214.